The Morgan fingerprint density at radius 3 is 2.33 bits per heavy atom. The molecule has 0 saturated carbocycles. The fourth-order valence-corrected chi connectivity index (χ4v) is 2.49. The summed E-state index contributed by atoms with van der Waals surface area (Å²) in [5, 5.41) is 8.95. The zero-order valence-electron chi connectivity index (χ0n) is 11.4. The van der Waals surface area contributed by atoms with Crippen LogP contribution < -0.4 is 4.72 Å². The number of carboxylic acids is 1. The molecule has 0 bridgehead atoms. The molecule has 6 nitrogen and oxygen atoms in total. The van der Waals surface area contributed by atoms with Gasteiger partial charge in [-0.15, -0.1) is 0 Å². The van der Waals surface area contributed by atoms with E-state index in [4.69, 9.17) is 9.84 Å². The number of nitrogens with one attached hydrogen (secondary N) is 1. The molecule has 0 spiro atoms. The molecule has 108 valence electrons. The van der Waals surface area contributed by atoms with E-state index in [1.165, 1.54) is 0 Å². The van der Waals surface area contributed by atoms with E-state index >= 15 is 0 Å². The van der Waals surface area contributed by atoms with Crippen LogP contribution in [0.15, 0.2) is 0 Å². The second kappa shape index (κ2) is 7.06. The SMILES string of the molecule is CCCCS(=O)(=O)NC(COC(C)(C)C)C(=O)O. The lowest BCUT2D eigenvalue weighted by molar-refractivity contribution is -0.142. The number of ether oxygens (including phenoxy) is 1. The zero-order valence-corrected chi connectivity index (χ0v) is 12.2. The first-order valence-electron chi connectivity index (χ1n) is 5.94. The second-order valence-corrected chi connectivity index (χ2v) is 6.98. The summed E-state index contributed by atoms with van der Waals surface area (Å²) in [7, 11) is -3.57. The third-order valence-corrected chi connectivity index (χ3v) is 3.54. The molecule has 0 heterocycles. The third-order valence-electron chi connectivity index (χ3n) is 2.07. The molecule has 0 aromatic carbocycles. The summed E-state index contributed by atoms with van der Waals surface area (Å²) >= 11 is 0. The smallest absolute Gasteiger partial charge is 0.324 e. The van der Waals surface area contributed by atoms with Gasteiger partial charge in [-0.1, -0.05) is 13.3 Å². The number of hydrogen-bond acceptors (Lipinski definition) is 4. The number of sulfonamides is 1. The van der Waals surface area contributed by atoms with Gasteiger partial charge in [-0.3, -0.25) is 4.79 Å². The van der Waals surface area contributed by atoms with Gasteiger partial charge in [0.25, 0.3) is 0 Å². The van der Waals surface area contributed by atoms with E-state index in [0.717, 1.165) is 6.42 Å². The summed E-state index contributed by atoms with van der Waals surface area (Å²) in [5.41, 5.74) is -0.511. The van der Waals surface area contributed by atoms with Crippen LogP contribution in [0.4, 0.5) is 0 Å². The molecule has 2 N–H and O–H groups in total. The predicted molar refractivity (Wildman–Crippen MR) is 69.0 cm³/mol. The van der Waals surface area contributed by atoms with Crippen molar-refractivity contribution in [3.05, 3.63) is 0 Å². The molecule has 0 aliphatic rings. The van der Waals surface area contributed by atoms with Crippen LogP contribution in [0.1, 0.15) is 40.5 Å². The Kier molecular flexibility index (Phi) is 6.80. The number of carboxylic acid groups (broad SMARTS) is 1. The van der Waals surface area contributed by atoms with Gasteiger partial charge in [-0.25, -0.2) is 8.42 Å². The fourth-order valence-electron chi connectivity index (χ4n) is 1.10. The van der Waals surface area contributed by atoms with Gasteiger partial charge in [0.1, 0.15) is 6.04 Å². The highest BCUT2D eigenvalue weighted by Crippen LogP contribution is 2.08. The Morgan fingerprint density at radius 1 is 1.39 bits per heavy atom. The number of aliphatic carboxylic acids is 1. The van der Waals surface area contributed by atoms with Gasteiger partial charge >= 0.3 is 5.97 Å². The highest BCUT2D eigenvalue weighted by atomic mass is 32.2. The number of unbranched alkanes of at least 4 members (excludes halogenated alkanes) is 1. The molecule has 7 heteroatoms. The molecule has 0 aromatic heterocycles. The molecule has 0 aliphatic carbocycles. The Morgan fingerprint density at radius 2 is 1.94 bits per heavy atom. The highest BCUT2D eigenvalue weighted by Gasteiger charge is 2.25. The highest BCUT2D eigenvalue weighted by molar-refractivity contribution is 7.89. The average Bonchev–Trinajstić information content (AvgIpc) is 2.19. The largest absolute Gasteiger partial charge is 0.480 e. The first kappa shape index (κ1) is 17.3. The standard InChI is InChI=1S/C11H23NO5S/c1-5-6-7-18(15,16)12-9(10(13)14)8-17-11(2,3)4/h9,12H,5-8H2,1-4H3,(H,13,14). The van der Waals surface area contributed by atoms with Crippen molar-refractivity contribution >= 4 is 16.0 Å². The number of carbonyl (C=O) groups is 1. The van der Waals surface area contributed by atoms with E-state index in [1.807, 2.05) is 6.92 Å². The van der Waals surface area contributed by atoms with Crippen molar-refractivity contribution in [2.45, 2.75) is 52.2 Å². The van der Waals surface area contributed by atoms with Gasteiger partial charge in [0.2, 0.25) is 10.0 Å². The third kappa shape index (κ3) is 8.43. The van der Waals surface area contributed by atoms with Gasteiger partial charge in [0, 0.05) is 0 Å². The van der Waals surface area contributed by atoms with Crippen LogP contribution in [0.5, 0.6) is 0 Å². The van der Waals surface area contributed by atoms with E-state index in [9.17, 15) is 13.2 Å². The Balaban J connectivity index is 4.50. The topological polar surface area (TPSA) is 92.7 Å². The molecule has 0 aliphatic heterocycles. The van der Waals surface area contributed by atoms with Gasteiger partial charge in [-0.2, -0.15) is 4.72 Å². The van der Waals surface area contributed by atoms with Gasteiger partial charge < -0.3 is 9.84 Å². The summed E-state index contributed by atoms with van der Waals surface area (Å²) in [6.45, 7) is 7.00. The van der Waals surface area contributed by atoms with Gasteiger partial charge in [0.05, 0.1) is 18.0 Å². The Bertz CT molecular complexity index is 358. The summed E-state index contributed by atoms with van der Waals surface area (Å²) in [5.74, 6) is -1.30. The lowest BCUT2D eigenvalue weighted by Gasteiger charge is -2.23. The van der Waals surface area contributed by atoms with E-state index in [0.29, 0.717) is 6.42 Å². The average molecular weight is 281 g/mol. The van der Waals surface area contributed by atoms with E-state index in [1.54, 1.807) is 20.8 Å². The number of rotatable bonds is 8. The molecular weight excluding hydrogens is 258 g/mol. The first-order valence-corrected chi connectivity index (χ1v) is 7.59. The van der Waals surface area contributed by atoms with E-state index in [-0.39, 0.29) is 12.4 Å². The van der Waals surface area contributed by atoms with Crippen molar-refractivity contribution in [1.29, 1.82) is 0 Å². The molecular formula is C11H23NO5S. The summed E-state index contributed by atoms with van der Waals surface area (Å²) in [6, 6.07) is -1.24. The van der Waals surface area contributed by atoms with Crippen molar-refractivity contribution in [3.63, 3.8) is 0 Å². The molecule has 1 atom stereocenters. The summed E-state index contributed by atoms with van der Waals surface area (Å²) in [6.07, 6.45) is 1.24. The predicted octanol–water partition coefficient (Wildman–Crippen LogP) is 0.974. The molecule has 1 unspecified atom stereocenters. The van der Waals surface area contributed by atoms with Crippen molar-refractivity contribution < 1.29 is 23.1 Å². The van der Waals surface area contributed by atoms with Crippen LogP contribution in [0.25, 0.3) is 0 Å². The maximum Gasteiger partial charge on any atom is 0.324 e. The Labute approximate surface area is 109 Å². The molecule has 0 amide bonds. The molecule has 18 heavy (non-hydrogen) atoms. The van der Waals surface area contributed by atoms with Gasteiger partial charge in [-0.05, 0) is 27.2 Å². The Hall–Kier alpha value is -0.660. The quantitative estimate of drug-likeness (QED) is 0.691. The second-order valence-electron chi connectivity index (χ2n) is 5.10. The van der Waals surface area contributed by atoms with Crippen LogP contribution in [0.2, 0.25) is 0 Å². The van der Waals surface area contributed by atoms with Crippen molar-refractivity contribution in [3.8, 4) is 0 Å². The lowest BCUT2D eigenvalue weighted by Crippen LogP contribution is -2.46. The monoisotopic (exact) mass is 281 g/mol. The van der Waals surface area contributed by atoms with E-state index in [2.05, 4.69) is 4.72 Å². The minimum absolute atomic E-state index is 0.0667. The maximum absolute atomic E-state index is 11.6. The first-order chi connectivity index (χ1) is 8.07. The molecule has 0 rings (SSSR count). The van der Waals surface area contributed by atoms with Crippen LogP contribution in [0.3, 0.4) is 0 Å². The van der Waals surface area contributed by atoms with Crippen LogP contribution in [-0.2, 0) is 19.6 Å². The minimum atomic E-state index is -3.57. The van der Waals surface area contributed by atoms with Crippen molar-refractivity contribution in [1.82, 2.24) is 4.72 Å². The van der Waals surface area contributed by atoms with Gasteiger partial charge in [0.15, 0.2) is 0 Å². The molecule has 0 radical (unpaired) electrons. The normalized spacial score (nSPS) is 14.4. The minimum Gasteiger partial charge on any atom is -0.480 e. The van der Waals surface area contributed by atoms with E-state index < -0.39 is 27.6 Å². The molecule has 0 saturated heterocycles. The van der Waals surface area contributed by atoms with Crippen LogP contribution >= 0.6 is 0 Å². The maximum atomic E-state index is 11.6. The number of hydrogen-bond donors (Lipinski definition) is 2. The molecule has 0 fully saturated rings. The van der Waals surface area contributed by atoms with Crippen molar-refractivity contribution in [2.24, 2.45) is 0 Å². The van der Waals surface area contributed by atoms with Crippen molar-refractivity contribution in [2.75, 3.05) is 12.4 Å². The lowest BCUT2D eigenvalue weighted by atomic mass is 10.2. The molecule has 0 aromatic rings. The summed E-state index contributed by atoms with van der Waals surface area (Å²) in [4.78, 5) is 11.0. The fraction of sp³-hybridized carbons (Fsp3) is 0.909. The zero-order chi connectivity index (χ0) is 14.4. The summed E-state index contributed by atoms with van der Waals surface area (Å²) < 4.78 is 30.6. The van der Waals surface area contributed by atoms with Crippen LogP contribution in [-0.4, -0.2) is 43.5 Å². The van der Waals surface area contributed by atoms with Crippen LogP contribution in [0, 0.1) is 0 Å².